The number of unbranched alkanes of at least 4 members (excludes halogenated alkanes) is 1. The van der Waals surface area contributed by atoms with Crippen LogP contribution in [0, 0.1) is 6.92 Å². The van der Waals surface area contributed by atoms with Gasteiger partial charge in [0.2, 0.25) is 0 Å². The summed E-state index contributed by atoms with van der Waals surface area (Å²) < 4.78 is 5.03. The lowest BCUT2D eigenvalue weighted by Gasteiger charge is -2.04. The van der Waals surface area contributed by atoms with E-state index in [1.165, 1.54) is 29.7 Å². The summed E-state index contributed by atoms with van der Waals surface area (Å²) in [5.41, 5.74) is 3.02. The van der Waals surface area contributed by atoms with Gasteiger partial charge in [-0.2, -0.15) is 0 Å². The summed E-state index contributed by atoms with van der Waals surface area (Å²) in [5.74, 6) is -0.305. The molecule has 2 rings (SSSR count). The number of thiazole rings is 1. The van der Waals surface area contributed by atoms with Gasteiger partial charge in [0, 0.05) is 5.69 Å². The van der Waals surface area contributed by atoms with Crippen LogP contribution in [0.4, 0.5) is 10.8 Å². The predicted octanol–water partition coefficient (Wildman–Crippen LogP) is 4.71. The van der Waals surface area contributed by atoms with E-state index in [0.29, 0.717) is 22.3 Å². The molecule has 0 saturated heterocycles. The molecule has 0 bridgehead atoms. The molecule has 1 aromatic heterocycles. The molecule has 118 valence electrons. The summed E-state index contributed by atoms with van der Waals surface area (Å²) in [6.07, 6.45) is 3.52. The van der Waals surface area contributed by atoms with Gasteiger partial charge in [-0.1, -0.05) is 36.8 Å². The topological polar surface area (TPSA) is 51.2 Å². The Morgan fingerprint density at radius 2 is 2.00 bits per heavy atom. The van der Waals surface area contributed by atoms with E-state index in [0.717, 1.165) is 12.1 Å². The van der Waals surface area contributed by atoms with Crippen molar-refractivity contribution in [3.8, 4) is 0 Å². The largest absolute Gasteiger partial charge is 0.462 e. The summed E-state index contributed by atoms with van der Waals surface area (Å²) in [6, 6.07) is 8.35. The fraction of sp³-hybridized carbons (Fsp3) is 0.412. The number of rotatable bonds is 7. The first-order valence-electron chi connectivity index (χ1n) is 7.64. The number of benzene rings is 1. The van der Waals surface area contributed by atoms with Gasteiger partial charge < -0.3 is 10.1 Å². The first kappa shape index (κ1) is 16.5. The molecule has 0 saturated carbocycles. The number of nitrogens with zero attached hydrogens (tertiary/aromatic N) is 1. The Labute approximate surface area is 135 Å². The Balaban J connectivity index is 2.04. The van der Waals surface area contributed by atoms with Gasteiger partial charge in [-0.15, -0.1) is 0 Å². The molecule has 0 unspecified atom stereocenters. The zero-order valence-electron chi connectivity index (χ0n) is 13.3. The molecule has 1 aromatic carbocycles. The van der Waals surface area contributed by atoms with Gasteiger partial charge in [0.25, 0.3) is 0 Å². The van der Waals surface area contributed by atoms with Crippen molar-refractivity contribution in [3.63, 3.8) is 0 Å². The van der Waals surface area contributed by atoms with E-state index in [9.17, 15) is 4.79 Å². The number of nitrogens with one attached hydrogen (secondary N) is 1. The molecule has 4 nitrogen and oxygen atoms in total. The SMILES string of the molecule is CCCCc1ccc(Nc2nc(C)c(C(=O)OCC)s2)cc1. The third kappa shape index (κ3) is 4.31. The number of aromatic nitrogens is 1. The first-order valence-corrected chi connectivity index (χ1v) is 8.46. The molecule has 0 atom stereocenters. The highest BCUT2D eigenvalue weighted by molar-refractivity contribution is 7.17. The molecule has 0 aliphatic carbocycles. The van der Waals surface area contributed by atoms with Crippen LogP contribution in [0.5, 0.6) is 0 Å². The average molecular weight is 318 g/mol. The van der Waals surface area contributed by atoms with Gasteiger partial charge >= 0.3 is 5.97 Å². The zero-order chi connectivity index (χ0) is 15.9. The Hall–Kier alpha value is -1.88. The Morgan fingerprint density at radius 3 is 2.64 bits per heavy atom. The lowest BCUT2D eigenvalue weighted by molar-refractivity contribution is 0.0531. The van der Waals surface area contributed by atoms with Crippen molar-refractivity contribution >= 4 is 28.1 Å². The second-order valence-electron chi connectivity index (χ2n) is 5.08. The van der Waals surface area contributed by atoms with Crippen molar-refractivity contribution in [2.75, 3.05) is 11.9 Å². The van der Waals surface area contributed by atoms with Crippen LogP contribution in [0.1, 0.15) is 47.6 Å². The molecular weight excluding hydrogens is 296 g/mol. The summed E-state index contributed by atoms with van der Waals surface area (Å²) >= 11 is 1.32. The Kier molecular flexibility index (Phi) is 5.95. The molecule has 22 heavy (non-hydrogen) atoms. The van der Waals surface area contributed by atoms with Crippen LogP contribution in [0.3, 0.4) is 0 Å². The number of carbonyl (C=O) groups excluding carboxylic acids is 1. The summed E-state index contributed by atoms with van der Waals surface area (Å²) in [6.45, 7) is 6.19. The molecule has 0 spiro atoms. The monoisotopic (exact) mass is 318 g/mol. The Morgan fingerprint density at radius 1 is 1.27 bits per heavy atom. The van der Waals surface area contributed by atoms with Gasteiger partial charge in [0.1, 0.15) is 4.88 Å². The average Bonchev–Trinajstić information content (AvgIpc) is 2.87. The van der Waals surface area contributed by atoms with Crippen molar-refractivity contribution in [2.24, 2.45) is 0 Å². The van der Waals surface area contributed by atoms with Crippen molar-refractivity contribution in [1.29, 1.82) is 0 Å². The maximum Gasteiger partial charge on any atom is 0.350 e. The molecule has 5 heteroatoms. The van der Waals surface area contributed by atoms with Gasteiger partial charge in [-0.05, 0) is 44.4 Å². The van der Waals surface area contributed by atoms with E-state index in [-0.39, 0.29) is 5.97 Å². The zero-order valence-corrected chi connectivity index (χ0v) is 14.1. The van der Waals surface area contributed by atoms with Gasteiger partial charge in [0.15, 0.2) is 5.13 Å². The third-order valence-corrected chi connectivity index (χ3v) is 4.33. The van der Waals surface area contributed by atoms with E-state index in [1.807, 2.05) is 19.1 Å². The normalized spacial score (nSPS) is 10.5. The maximum atomic E-state index is 11.8. The van der Waals surface area contributed by atoms with E-state index < -0.39 is 0 Å². The van der Waals surface area contributed by atoms with Crippen molar-refractivity contribution in [2.45, 2.75) is 40.0 Å². The van der Waals surface area contributed by atoms with Crippen LogP contribution in [0.15, 0.2) is 24.3 Å². The molecule has 0 amide bonds. The van der Waals surface area contributed by atoms with Crippen LogP contribution in [-0.2, 0) is 11.2 Å². The van der Waals surface area contributed by atoms with Gasteiger partial charge in [-0.25, -0.2) is 9.78 Å². The van der Waals surface area contributed by atoms with E-state index in [4.69, 9.17) is 4.74 Å². The lowest BCUT2D eigenvalue weighted by atomic mass is 10.1. The summed E-state index contributed by atoms with van der Waals surface area (Å²) in [5, 5.41) is 3.96. The van der Waals surface area contributed by atoms with E-state index >= 15 is 0 Å². The van der Waals surface area contributed by atoms with Crippen LogP contribution < -0.4 is 5.32 Å². The van der Waals surface area contributed by atoms with E-state index in [2.05, 4.69) is 29.4 Å². The van der Waals surface area contributed by atoms with Crippen molar-refractivity contribution < 1.29 is 9.53 Å². The smallest absolute Gasteiger partial charge is 0.350 e. The number of carbonyl (C=O) groups is 1. The molecular formula is C17H22N2O2S. The van der Waals surface area contributed by atoms with Crippen molar-refractivity contribution in [1.82, 2.24) is 4.98 Å². The standard InChI is InChI=1S/C17H22N2O2S/c1-4-6-7-13-8-10-14(11-9-13)19-17-18-12(3)15(22-17)16(20)21-5-2/h8-11H,4-7H2,1-3H3,(H,18,19). The Bertz CT molecular complexity index is 620. The van der Waals surface area contributed by atoms with Crippen molar-refractivity contribution in [3.05, 3.63) is 40.4 Å². The second-order valence-corrected chi connectivity index (χ2v) is 6.08. The van der Waals surface area contributed by atoms with Gasteiger partial charge in [0.05, 0.1) is 12.3 Å². The number of hydrogen-bond acceptors (Lipinski definition) is 5. The molecule has 0 radical (unpaired) electrons. The second kappa shape index (κ2) is 7.94. The number of aryl methyl sites for hydroxylation is 2. The molecule has 0 fully saturated rings. The first-order chi connectivity index (χ1) is 10.6. The van der Waals surface area contributed by atoms with Crippen LogP contribution >= 0.6 is 11.3 Å². The minimum Gasteiger partial charge on any atom is -0.462 e. The van der Waals surface area contributed by atoms with Crippen LogP contribution in [0.25, 0.3) is 0 Å². The highest BCUT2D eigenvalue weighted by Crippen LogP contribution is 2.26. The highest BCUT2D eigenvalue weighted by atomic mass is 32.1. The molecule has 0 aliphatic rings. The van der Waals surface area contributed by atoms with E-state index in [1.54, 1.807) is 6.92 Å². The highest BCUT2D eigenvalue weighted by Gasteiger charge is 2.16. The minimum atomic E-state index is -0.305. The third-order valence-electron chi connectivity index (χ3n) is 3.28. The number of anilines is 2. The fourth-order valence-corrected chi connectivity index (χ4v) is 2.98. The molecule has 1 N–H and O–H groups in total. The summed E-state index contributed by atoms with van der Waals surface area (Å²) in [4.78, 5) is 16.7. The van der Waals surface area contributed by atoms with Gasteiger partial charge in [-0.3, -0.25) is 0 Å². The fourth-order valence-electron chi connectivity index (χ4n) is 2.10. The van der Waals surface area contributed by atoms with Crippen LogP contribution in [-0.4, -0.2) is 17.6 Å². The quantitative estimate of drug-likeness (QED) is 0.751. The maximum absolute atomic E-state index is 11.8. The molecule has 2 aromatic rings. The number of ether oxygens (including phenoxy) is 1. The minimum absolute atomic E-state index is 0.305. The molecule has 0 aliphatic heterocycles. The van der Waals surface area contributed by atoms with Crippen LogP contribution in [0.2, 0.25) is 0 Å². The number of hydrogen-bond donors (Lipinski definition) is 1. The number of esters is 1. The molecule has 1 heterocycles. The predicted molar refractivity (Wildman–Crippen MR) is 91.1 cm³/mol. The lowest BCUT2D eigenvalue weighted by Crippen LogP contribution is -2.03. The summed E-state index contributed by atoms with van der Waals surface area (Å²) in [7, 11) is 0.